The summed E-state index contributed by atoms with van der Waals surface area (Å²) in [7, 11) is 0. The molecule has 0 unspecified atom stereocenters. The summed E-state index contributed by atoms with van der Waals surface area (Å²) in [5.41, 5.74) is 0.457. The van der Waals surface area contributed by atoms with Crippen molar-refractivity contribution in [2.24, 2.45) is 0 Å². The Morgan fingerprint density at radius 2 is 2.29 bits per heavy atom. The molecule has 0 N–H and O–H groups in total. The van der Waals surface area contributed by atoms with E-state index >= 15 is 0 Å². The lowest BCUT2D eigenvalue weighted by molar-refractivity contribution is -0.141. The van der Waals surface area contributed by atoms with Gasteiger partial charge in [0.15, 0.2) is 0 Å². The van der Waals surface area contributed by atoms with Crippen molar-refractivity contribution >= 4 is 21.9 Å². The minimum atomic E-state index is -0.407. The van der Waals surface area contributed by atoms with E-state index in [1.54, 1.807) is 12.1 Å². The van der Waals surface area contributed by atoms with Crippen LogP contribution in [0.25, 0.3) is 0 Å². The van der Waals surface area contributed by atoms with Gasteiger partial charge in [-0.15, -0.1) is 0 Å². The zero-order valence-electron chi connectivity index (χ0n) is 7.30. The minimum Gasteiger partial charge on any atom is -0.457 e. The van der Waals surface area contributed by atoms with Gasteiger partial charge in [-0.2, -0.15) is 0 Å². The van der Waals surface area contributed by atoms with Gasteiger partial charge in [0.05, 0.1) is 0 Å². The zero-order chi connectivity index (χ0) is 10.1. The molecule has 0 saturated carbocycles. The predicted molar refractivity (Wildman–Crippen MR) is 52.2 cm³/mol. The van der Waals surface area contributed by atoms with E-state index in [1.165, 1.54) is 6.07 Å². The molecule has 1 fully saturated rings. The summed E-state index contributed by atoms with van der Waals surface area (Å²) in [6.07, 6.45) is 0.535. The molecular formula is C10H8BrFO2. The van der Waals surface area contributed by atoms with Crippen LogP contribution in [-0.2, 0) is 9.53 Å². The Morgan fingerprint density at radius 3 is 2.86 bits per heavy atom. The van der Waals surface area contributed by atoms with E-state index in [-0.39, 0.29) is 11.8 Å². The van der Waals surface area contributed by atoms with Gasteiger partial charge in [0.2, 0.25) is 0 Å². The second-order valence-corrected chi connectivity index (χ2v) is 4.10. The molecule has 1 heterocycles. The fourth-order valence-corrected chi connectivity index (χ4v) is 1.84. The zero-order valence-corrected chi connectivity index (χ0v) is 8.88. The molecule has 1 aliphatic rings. The van der Waals surface area contributed by atoms with Gasteiger partial charge >= 0.3 is 5.97 Å². The van der Waals surface area contributed by atoms with E-state index in [2.05, 4.69) is 15.9 Å². The Bertz CT molecular complexity index is 378. The van der Waals surface area contributed by atoms with E-state index in [4.69, 9.17) is 4.74 Å². The van der Waals surface area contributed by atoms with Crippen LogP contribution in [0, 0.1) is 5.82 Å². The van der Waals surface area contributed by atoms with Gasteiger partial charge in [-0.05, 0) is 18.6 Å². The first-order valence-electron chi connectivity index (χ1n) is 4.31. The van der Waals surface area contributed by atoms with E-state index in [9.17, 15) is 9.18 Å². The molecule has 2 nitrogen and oxygen atoms in total. The minimum absolute atomic E-state index is 0.252. The normalized spacial score (nSPS) is 21.0. The highest BCUT2D eigenvalue weighted by Crippen LogP contribution is 2.31. The second-order valence-electron chi connectivity index (χ2n) is 3.18. The number of carbonyl (C=O) groups is 1. The number of hydrogen-bond donors (Lipinski definition) is 0. The van der Waals surface area contributed by atoms with Crippen molar-refractivity contribution in [3.63, 3.8) is 0 Å². The van der Waals surface area contributed by atoms with Crippen LogP contribution in [0.5, 0.6) is 0 Å². The van der Waals surface area contributed by atoms with Crippen molar-refractivity contribution in [1.29, 1.82) is 0 Å². The van der Waals surface area contributed by atoms with E-state index in [1.807, 2.05) is 0 Å². The van der Waals surface area contributed by atoms with Crippen molar-refractivity contribution in [2.75, 3.05) is 0 Å². The Kier molecular flexibility index (Phi) is 2.54. The molecule has 0 aromatic heterocycles. The summed E-state index contributed by atoms with van der Waals surface area (Å²) in [4.78, 5) is 10.9. The van der Waals surface area contributed by atoms with Gasteiger partial charge in [-0.3, -0.25) is 4.79 Å². The molecule has 14 heavy (non-hydrogen) atoms. The summed E-state index contributed by atoms with van der Waals surface area (Å²) >= 11 is 3.17. The molecule has 74 valence electrons. The van der Waals surface area contributed by atoms with E-state index < -0.39 is 6.10 Å². The molecule has 0 spiro atoms. The molecule has 1 aromatic carbocycles. The van der Waals surface area contributed by atoms with Crippen LogP contribution in [0.2, 0.25) is 0 Å². The molecule has 2 rings (SSSR count). The van der Waals surface area contributed by atoms with Crippen LogP contribution in [0.4, 0.5) is 4.39 Å². The monoisotopic (exact) mass is 258 g/mol. The van der Waals surface area contributed by atoms with Crippen molar-refractivity contribution in [2.45, 2.75) is 18.9 Å². The van der Waals surface area contributed by atoms with Gasteiger partial charge < -0.3 is 4.74 Å². The fourth-order valence-electron chi connectivity index (χ4n) is 1.51. The number of benzene rings is 1. The summed E-state index contributed by atoms with van der Waals surface area (Å²) < 4.78 is 19.1. The van der Waals surface area contributed by atoms with Crippen LogP contribution in [0.15, 0.2) is 22.7 Å². The molecule has 1 aromatic rings. The summed E-state index contributed by atoms with van der Waals surface area (Å²) in [6, 6.07) is 4.76. The average molecular weight is 259 g/mol. The fraction of sp³-hybridized carbons (Fsp3) is 0.300. The maximum atomic E-state index is 13.4. The van der Waals surface area contributed by atoms with Crippen LogP contribution < -0.4 is 0 Å². The number of halogens is 2. The molecule has 1 saturated heterocycles. The third-order valence-corrected chi connectivity index (χ3v) is 2.69. The lowest BCUT2D eigenvalue weighted by atomic mass is 10.1. The first-order valence-corrected chi connectivity index (χ1v) is 5.10. The Morgan fingerprint density at radius 1 is 1.50 bits per heavy atom. The number of cyclic esters (lactones) is 1. The van der Waals surface area contributed by atoms with Crippen molar-refractivity contribution < 1.29 is 13.9 Å². The Hall–Kier alpha value is -0.900. The number of ether oxygens (including phenoxy) is 1. The van der Waals surface area contributed by atoms with E-state index in [0.29, 0.717) is 22.9 Å². The quantitative estimate of drug-likeness (QED) is 0.725. The predicted octanol–water partition coefficient (Wildman–Crippen LogP) is 2.97. The van der Waals surface area contributed by atoms with Gasteiger partial charge in [0.1, 0.15) is 11.9 Å². The molecule has 0 aliphatic carbocycles. The number of rotatable bonds is 1. The van der Waals surface area contributed by atoms with Crippen molar-refractivity contribution in [3.05, 3.63) is 34.1 Å². The van der Waals surface area contributed by atoms with Crippen LogP contribution in [-0.4, -0.2) is 5.97 Å². The molecule has 0 amide bonds. The largest absolute Gasteiger partial charge is 0.457 e. The SMILES string of the molecule is O=C1CC[C@H](c2ccc(Br)cc2F)O1. The van der Waals surface area contributed by atoms with Crippen molar-refractivity contribution in [1.82, 2.24) is 0 Å². The average Bonchev–Trinajstić information content (AvgIpc) is 2.51. The van der Waals surface area contributed by atoms with Crippen molar-refractivity contribution in [3.8, 4) is 0 Å². The first-order chi connectivity index (χ1) is 6.66. The summed E-state index contributed by atoms with van der Waals surface area (Å²) in [6.45, 7) is 0. The van der Waals surface area contributed by atoms with Gasteiger partial charge in [0.25, 0.3) is 0 Å². The Labute approximate surface area is 89.2 Å². The molecule has 0 radical (unpaired) electrons. The number of carbonyl (C=O) groups excluding carboxylic acids is 1. The summed E-state index contributed by atoms with van der Waals surface area (Å²) in [5.74, 6) is -0.587. The van der Waals surface area contributed by atoms with Gasteiger partial charge in [0, 0.05) is 16.5 Å². The summed E-state index contributed by atoms with van der Waals surface area (Å²) in [5, 5.41) is 0. The maximum absolute atomic E-state index is 13.4. The Balaban J connectivity index is 2.28. The molecule has 1 atom stereocenters. The lowest BCUT2D eigenvalue weighted by Crippen LogP contribution is -2.01. The second kappa shape index (κ2) is 3.69. The standard InChI is InChI=1S/C10H8BrFO2/c11-6-1-2-7(8(12)5-6)9-3-4-10(13)14-9/h1-2,5,9H,3-4H2/t9-/m1/s1. The van der Waals surface area contributed by atoms with Gasteiger partial charge in [-0.1, -0.05) is 22.0 Å². The topological polar surface area (TPSA) is 26.3 Å². The lowest BCUT2D eigenvalue weighted by Gasteiger charge is -2.10. The van der Waals surface area contributed by atoms with Crippen LogP contribution >= 0.6 is 15.9 Å². The van der Waals surface area contributed by atoms with E-state index in [0.717, 1.165) is 0 Å². The highest BCUT2D eigenvalue weighted by atomic mass is 79.9. The molecular weight excluding hydrogens is 251 g/mol. The maximum Gasteiger partial charge on any atom is 0.306 e. The third-order valence-electron chi connectivity index (χ3n) is 2.19. The van der Waals surface area contributed by atoms with Gasteiger partial charge in [-0.25, -0.2) is 4.39 Å². The first kappa shape index (κ1) is 9.65. The molecule has 0 bridgehead atoms. The number of hydrogen-bond acceptors (Lipinski definition) is 2. The smallest absolute Gasteiger partial charge is 0.306 e. The highest BCUT2D eigenvalue weighted by molar-refractivity contribution is 9.10. The third kappa shape index (κ3) is 1.80. The van der Waals surface area contributed by atoms with Crippen LogP contribution in [0.1, 0.15) is 24.5 Å². The molecule has 1 aliphatic heterocycles. The van der Waals surface area contributed by atoms with Crippen LogP contribution in [0.3, 0.4) is 0 Å². The number of esters is 1. The molecule has 4 heteroatoms. The highest BCUT2D eigenvalue weighted by Gasteiger charge is 2.26.